The van der Waals surface area contributed by atoms with Gasteiger partial charge in [-0.2, -0.15) is 8.78 Å². The van der Waals surface area contributed by atoms with Crippen LogP contribution >= 0.6 is 0 Å². The van der Waals surface area contributed by atoms with E-state index in [2.05, 4.69) is 4.98 Å². The molecule has 0 fully saturated rings. The van der Waals surface area contributed by atoms with Crippen molar-refractivity contribution in [2.45, 2.75) is 19.8 Å². The molecule has 0 saturated carbocycles. The lowest BCUT2D eigenvalue weighted by atomic mass is 10.1. The summed E-state index contributed by atoms with van der Waals surface area (Å²) in [6, 6.07) is 5.29. The van der Waals surface area contributed by atoms with Gasteiger partial charge in [-0.1, -0.05) is 19.1 Å². The molecule has 0 unspecified atom stereocenters. The maximum atomic E-state index is 12.3. The van der Waals surface area contributed by atoms with Crippen molar-refractivity contribution in [1.82, 2.24) is 4.98 Å². The van der Waals surface area contributed by atoms with Crippen molar-refractivity contribution in [2.24, 2.45) is 0 Å². The van der Waals surface area contributed by atoms with Gasteiger partial charge in [0.1, 0.15) is 5.52 Å². The second kappa shape index (κ2) is 3.36. The first-order valence-corrected chi connectivity index (χ1v) is 4.39. The number of hydrogen-bond donors (Lipinski definition) is 0. The molecule has 0 amide bonds. The van der Waals surface area contributed by atoms with Crippen LogP contribution in [0.25, 0.3) is 11.1 Å². The first-order valence-electron chi connectivity index (χ1n) is 4.39. The molecule has 0 aliphatic carbocycles. The molecule has 1 aromatic carbocycles. The van der Waals surface area contributed by atoms with Crippen LogP contribution in [0.5, 0.6) is 0 Å². The number of para-hydroxylation sites is 1. The number of rotatable bonds is 2. The summed E-state index contributed by atoms with van der Waals surface area (Å²) in [6.07, 6.45) is -1.89. The molecule has 1 aromatic heterocycles. The van der Waals surface area contributed by atoms with Crippen molar-refractivity contribution in [1.29, 1.82) is 0 Å². The van der Waals surface area contributed by atoms with E-state index in [1.807, 2.05) is 13.0 Å². The molecular formula is C10H9F2NO. The summed E-state index contributed by atoms with van der Waals surface area (Å²) in [5.74, 6) is -0.499. The van der Waals surface area contributed by atoms with E-state index in [4.69, 9.17) is 4.42 Å². The fourth-order valence-electron chi connectivity index (χ4n) is 1.40. The number of oxazole rings is 1. The maximum absolute atomic E-state index is 12.3. The van der Waals surface area contributed by atoms with Crippen LogP contribution in [0.3, 0.4) is 0 Å². The predicted molar refractivity (Wildman–Crippen MR) is 48.3 cm³/mol. The van der Waals surface area contributed by atoms with Gasteiger partial charge in [-0.3, -0.25) is 0 Å². The molecule has 74 valence electrons. The second-order valence-electron chi connectivity index (χ2n) is 2.97. The number of nitrogens with zero attached hydrogens (tertiary/aromatic N) is 1. The summed E-state index contributed by atoms with van der Waals surface area (Å²) in [5, 5.41) is 0. The molecule has 2 rings (SSSR count). The van der Waals surface area contributed by atoms with Gasteiger partial charge in [-0.05, 0) is 18.1 Å². The monoisotopic (exact) mass is 197 g/mol. The van der Waals surface area contributed by atoms with Crippen molar-refractivity contribution in [3.63, 3.8) is 0 Å². The van der Waals surface area contributed by atoms with Crippen LogP contribution in [-0.4, -0.2) is 4.98 Å². The molecule has 0 aliphatic heterocycles. The Hall–Kier alpha value is -1.45. The lowest BCUT2D eigenvalue weighted by Crippen LogP contribution is -1.84. The fraction of sp³-hybridized carbons (Fsp3) is 0.300. The lowest BCUT2D eigenvalue weighted by Gasteiger charge is -1.93. The van der Waals surface area contributed by atoms with Crippen LogP contribution in [0, 0.1) is 0 Å². The smallest absolute Gasteiger partial charge is 0.313 e. The molecule has 14 heavy (non-hydrogen) atoms. The third kappa shape index (κ3) is 1.36. The zero-order valence-corrected chi connectivity index (χ0v) is 7.63. The highest BCUT2D eigenvalue weighted by Gasteiger charge is 2.16. The third-order valence-electron chi connectivity index (χ3n) is 2.09. The van der Waals surface area contributed by atoms with Crippen molar-refractivity contribution < 1.29 is 13.2 Å². The number of alkyl halides is 2. The average molecular weight is 197 g/mol. The molecule has 0 spiro atoms. The molecule has 0 N–H and O–H groups in total. The quantitative estimate of drug-likeness (QED) is 0.738. The topological polar surface area (TPSA) is 26.0 Å². The van der Waals surface area contributed by atoms with Crippen LogP contribution in [0.15, 0.2) is 22.6 Å². The summed E-state index contributed by atoms with van der Waals surface area (Å²) >= 11 is 0. The highest BCUT2D eigenvalue weighted by Crippen LogP contribution is 2.25. The van der Waals surface area contributed by atoms with E-state index in [1.165, 1.54) is 0 Å². The Morgan fingerprint density at radius 3 is 2.86 bits per heavy atom. The summed E-state index contributed by atoms with van der Waals surface area (Å²) in [7, 11) is 0. The molecule has 2 nitrogen and oxygen atoms in total. The molecule has 0 saturated heterocycles. The average Bonchev–Trinajstić information content (AvgIpc) is 2.60. The van der Waals surface area contributed by atoms with E-state index in [1.54, 1.807) is 12.1 Å². The SMILES string of the molecule is CCc1cccc2oc(C(F)F)nc12. The Bertz CT molecular complexity index is 450. The van der Waals surface area contributed by atoms with Crippen molar-refractivity contribution in [2.75, 3.05) is 0 Å². The van der Waals surface area contributed by atoms with Gasteiger partial charge in [0.2, 0.25) is 0 Å². The Balaban J connectivity index is 2.64. The van der Waals surface area contributed by atoms with Gasteiger partial charge in [0.05, 0.1) is 0 Å². The summed E-state index contributed by atoms with van der Waals surface area (Å²) in [4.78, 5) is 3.77. The van der Waals surface area contributed by atoms with Crippen LogP contribution in [0.1, 0.15) is 24.8 Å². The zero-order valence-electron chi connectivity index (χ0n) is 7.63. The van der Waals surface area contributed by atoms with Gasteiger partial charge in [-0.15, -0.1) is 0 Å². The highest BCUT2D eigenvalue weighted by molar-refractivity contribution is 5.76. The number of halogens is 2. The Morgan fingerprint density at radius 2 is 2.21 bits per heavy atom. The van der Waals surface area contributed by atoms with Gasteiger partial charge in [0, 0.05) is 0 Å². The standard InChI is InChI=1S/C10H9F2NO/c1-2-6-4-3-5-7-8(6)13-10(14-7)9(11)12/h3-5,9H,2H2,1H3. The maximum Gasteiger partial charge on any atom is 0.313 e. The molecule has 0 bridgehead atoms. The lowest BCUT2D eigenvalue weighted by molar-refractivity contribution is 0.117. The van der Waals surface area contributed by atoms with E-state index in [9.17, 15) is 8.78 Å². The first-order chi connectivity index (χ1) is 6.72. The number of aryl methyl sites for hydroxylation is 1. The van der Waals surface area contributed by atoms with E-state index in [0.717, 1.165) is 12.0 Å². The summed E-state index contributed by atoms with van der Waals surface area (Å²) in [5.41, 5.74) is 1.91. The molecular weight excluding hydrogens is 188 g/mol. The minimum atomic E-state index is -2.65. The summed E-state index contributed by atoms with van der Waals surface area (Å²) < 4.78 is 29.5. The molecule has 4 heteroatoms. The van der Waals surface area contributed by atoms with Crippen LogP contribution < -0.4 is 0 Å². The second-order valence-corrected chi connectivity index (χ2v) is 2.97. The zero-order chi connectivity index (χ0) is 10.1. The van der Waals surface area contributed by atoms with Crippen molar-refractivity contribution in [3.8, 4) is 0 Å². The molecule has 0 atom stereocenters. The fourth-order valence-corrected chi connectivity index (χ4v) is 1.40. The predicted octanol–water partition coefficient (Wildman–Crippen LogP) is 3.33. The molecule has 0 radical (unpaired) electrons. The number of fused-ring (bicyclic) bond motifs is 1. The Labute approximate surface area is 79.6 Å². The van der Waals surface area contributed by atoms with Gasteiger partial charge >= 0.3 is 6.43 Å². The Morgan fingerprint density at radius 1 is 1.43 bits per heavy atom. The van der Waals surface area contributed by atoms with Crippen molar-refractivity contribution >= 4 is 11.1 Å². The Kier molecular flexibility index (Phi) is 2.19. The van der Waals surface area contributed by atoms with E-state index in [-0.39, 0.29) is 0 Å². The van der Waals surface area contributed by atoms with Gasteiger partial charge < -0.3 is 4.42 Å². The minimum Gasteiger partial charge on any atom is -0.435 e. The number of aromatic nitrogens is 1. The first kappa shape index (κ1) is 9.12. The van der Waals surface area contributed by atoms with Crippen LogP contribution in [0.4, 0.5) is 8.78 Å². The molecule has 2 aromatic rings. The molecule has 0 aliphatic rings. The van der Waals surface area contributed by atoms with E-state index in [0.29, 0.717) is 11.1 Å². The van der Waals surface area contributed by atoms with E-state index < -0.39 is 12.3 Å². The van der Waals surface area contributed by atoms with Gasteiger partial charge in [0.15, 0.2) is 5.58 Å². The largest absolute Gasteiger partial charge is 0.435 e. The van der Waals surface area contributed by atoms with Crippen molar-refractivity contribution in [3.05, 3.63) is 29.7 Å². The minimum absolute atomic E-state index is 0.430. The van der Waals surface area contributed by atoms with Gasteiger partial charge in [0.25, 0.3) is 5.89 Å². The molecule has 1 heterocycles. The third-order valence-corrected chi connectivity index (χ3v) is 2.09. The normalized spacial score (nSPS) is 11.4. The van der Waals surface area contributed by atoms with Gasteiger partial charge in [-0.25, -0.2) is 4.98 Å². The highest BCUT2D eigenvalue weighted by atomic mass is 19.3. The summed E-state index contributed by atoms with van der Waals surface area (Å²) in [6.45, 7) is 1.95. The van der Waals surface area contributed by atoms with E-state index >= 15 is 0 Å². The van der Waals surface area contributed by atoms with Crippen LogP contribution in [0.2, 0.25) is 0 Å². The number of hydrogen-bond acceptors (Lipinski definition) is 2. The van der Waals surface area contributed by atoms with Crippen LogP contribution in [-0.2, 0) is 6.42 Å². The number of benzene rings is 1.